The van der Waals surface area contributed by atoms with E-state index in [1.54, 1.807) is 13.2 Å². The maximum atomic E-state index is 12.3. The van der Waals surface area contributed by atoms with Crippen molar-refractivity contribution in [2.45, 2.75) is 24.8 Å². The van der Waals surface area contributed by atoms with Gasteiger partial charge in [-0.15, -0.1) is 0 Å². The zero-order valence-corrected chi connectivity index (χ0v) is 13.8. The fourth-order valence-corrected chi connectivity index (χ4v) is 2.99. The largest absolute Gasteiger partial charge is 0.496 e. The van der Waals surface area contributed by atoms with E-state index >= 15 is 0 Å². The molecule has 1 heterocycles. The van der Waals surface area contributed by atoms with Gasteiger partial charge in [-0.25, -0.2) is 0 Å². The Labute approximate surface area is 136 Å². The zero-order chi connectivity index (χ0) is 16.2. The minimum Gasteiger partial charge on any atom is -0.496 e. The molecule has 1 aromatic rings. The van der Waals surface area contributed by atoms with Gasteiger partial charge < -0.3 is 19.9 Å². The van der Waals surface area contributed by atoms with Crippen molar-refractivity contribution < 1.29 is 24.2 Å². The van der Waals surface area contributed by atoms with Crippen LogP contribution in [0.4, 0.5) is 0 Å². The highest BCUT2D eigenvalue weighted by molar-refractivity contribution is 9.10. The van der Waals surface area contributed by atoms with Gasteiger partial charge in [0.1, 0.15) is 5.75 Å². The van der Waals surface area contributed by atoms with Crippen LogP contribution in [-0.2, 0) is 20.7 Å². The van der Waals surface area contributed by atoms with E-state index in [1.807, 2.05) is 12.1 Å². The molecule has 1 aliphatic heterocycles. The first-order valence-electron chi connectivity index (χ1n) is 6.87. The van der Waals surface area contributed by atoms with Crippen LogP contribution in [0.3, 0.4) is 0 Å². The molecule has 0 bridgehead atoms. The third-order valence-corrected chi connectivity index (χ3v) is 4.08. The minimum atomic E-state index is -0.953. The van der Waals surface area contributed by atoms with Gasteiger partial charge in [0.2, 0.25) is 5.91 Å². The molecule has 0 aromatic heterocycles. The molecule has 7 heteroatoms. The quantitative estimate of drug-likeness (QED) is 0.795. The van der Waals surface area contributed by atoms with Crippen molar-refractivity contribution in [3.05, 3.63) is 28.2 Å². The summed E-state index contributed by atoms with van der Waals surface area (Å²) in [5.41, 5.74) is -0.0823. The van der Waals surface area contributed by atoms with Crippen LogP contribution in [0.5, 0.6) is 5.75 Å². The smallest absolute Gasteiger partial charge is 0.305 e. The van der Waals surface area contributed by atoms with Gasteiger partial charge >= 0.3 is 5.97 Å². The van der Waals surface area contributed by atoms with Crippen LogP contribution < -0.4 is 10.1 Å². The molecule has 1 aromatic carbocycles. The summed E-state index contributed by atoms with van der Waals surface area (Å²) in [6.07, 6.45) is 0.471. The lowest BCUT2D eigenvalue weighted by Crippen LogP contribution is -2.51. The normalized spacial score (nSPS) is 20.6. The molecule has 2 rings (SSSR count). The van der Waals surface area contributed by atoms with E-state index in [9.17, 15) is 9.59 Å². The van der Waals surface area contributed by atoms with Gasteiger partial charge in [-0.2, -0.15) is 0 Å². The van der Waals surface area contributed by atoms with Gasteiger partial charge in [-0.1, -0.05) is 15.9 Å². The van der Waals surface area contributed by atoms with Crippen molar-refractivity contribution in [1.82, 2.24) is 5.32 Å². The summed E-state index contributed by atoms with van der Waals surface area (Å²) in [7, 11) is 1.54. The van der Waals surface area contributed by atoms with E-state index in [4.69, 9.17) is 14.6 Å². The summed E-state index contributed by atoms with van der Waals surface area (Å²) in [5.74, 6) is -0.581. The number of rotatable bonds is 6. The predicted molar refractivity (Wildman–Crippen MR) is 83.0 cm³/mol. The van der Waals surface area contributed by atoms with E-state index in [-0.39, 0.29) is 25.4 Å². The molecule has 6 nitrogen and oxygen atoms in total. The van der Waals surface area contributed by atoms with E-state index in [0.29, 0.717) is 18.8 Å². The number of carboxylic acids is 1. The monoisotopic (exact) mass is 371 g/mol. The number of halogens is 1. The van der Waals surface area contributed by atoms with Crippen LogP contribution in [-0.4, -0.2) is 42.8 Å². The maximum absolute atomic E-state index is 12.3. The van der Waals surface area contributed by atoms with Crippen molar-refractivity contribution in [2.75, 3.05) is 20.3 Å². The third-order valence-electron chi connectivity index (χ3n) is 3.59. The lowest BCUT2D eigenvalue weighted by atomic mass is 9.94. The van der Waals surface area contributed by atoms with Gasteiger partial charge in [-0.3, -0.25) is 9.59 Å². The van der Waals surface area contributed by atoms with Crippen molar-refractivity contribution in [2.24, 2.45) is 0 Å². The summed E-state index contributed by atoms with van der Waals surface area (Å²) in [6.45, 7) is 0.675. The van der Waals surface area contributed by atoms with Crippen molar-refractivity contribution in [1.29, 1.82) is 0 Å². The lowest BCUT2D eigenvalue weighted by Gasteiger charge is -2.27. The number of hydrogen-bond acceptors (Lipinski definition) is 4. The Morgan fingerprint density at radius 1 is 1.50 bits per heavy atom. The molecule has 0 aliphatic carbocycles. The first-order valence-corrected chi connectivity index (χ1v) is 7.66. The average molecular weight is 372 g/mol. The number of methoxy groups -OCH3 is 1. The molecule has 0 saturated carbocycles. The van der Waals surface area contributed by atoms with Crippen LogP contribution in [0.2, 0.25) is 0 Å². The second-order valence-electron chi connectivity index (χ2n) is 5.33. The summed E-state index contributed by atoms with van der Waals surface area (Å²) < 4.78 is 11.4. The lowest BCUT2D eigenvalue weighted by molar-refractivity contribution is -0.139. The second-order valence-corrected chi connectivity index (χ2v) is 6.25. The average Bonchev–Trinajstić information content (AvgIpc) is 2.85. The number of ether oxygens (including phenoxy) is 2. The fourth-order valence-electron chi connectivity index (χ4n) is 2.58. The molecule has 1 aliphatic rings. The fraction of sp³-hybridized carbons (Fsp3) is 0.467. The number of carboxylic acid groups (broad SMARTS) is 1. The van der Waals surface area contributed by atoms with Crippen molar-refractivity contribution in [3.63, 3.8) is 0 Å². The van der Waals surface area contributed by atoms with E-state index < -0.39 is 11.5 Å². The highest BCUT2D eigenvalue weighted by Crippen LogP contribution is 2.25. The molecule has 1 saturated heterocycles. The Morgan fingerprint density at radius 2 is 2.27 bits per heavy atom. The summed E-state index contributed by atoms with van der Waals surface area (Å²) >= 11 is 3.36. The number of benzene rings is 1. The Balaban J connectivity index is 2.08. The van der Waals surface area contributed by atoms with Crippen LogP contribution in [0.25, 0.3) is 0 Å². The molecular formula is C15H18BrNO5. The number of hydrogen-bond donors (Lipinski definition) is 2. The Morgan fingerprint density at radius 3 is 2.86 bits per heavy atom. The molecule has 0 radical (unpaired) electrons. The molecular weight excluding hydrogens is 354 g/mol. The molecule has 1 fully saturated rings. The van der Waals surface area contributed by atoms with Gasteiger partial charge in [0.05, 0.1) is 32.1 Å². The minimum absolute atomic E-state index is 0.115. The van der Waals surface area contributed by atoms with E-state index in [1.165, 1.54) is 0 Å². The summed E-state index contributed by atoms with van der Waals surface area (Å²) in [4.78, 5) is 23.3. The third kappa shape index (κ3) is 4.20. The zero-order valence-electron chi connectivity index (χ0n) is 12.2. The molecule has 1 amide bonds. The number of aliphatic carboxylic acids is 1. The number of carbonyl (C=O) groups is 2. The molecule has 120 valence electrons. The van der Waals surface area contributed by atoms with Gasteiger partial charge in [0.25, 0.3) is 0 Å². The Bertz CT molecular complexity index is 569. The topological polar surface area (TPSA) is 84.9 Å². The highest BCUT2D eigenvalue weighted by atomic mass is 79.9. The van der Waals surface area contributed by atoms with Crippen molar-refractivity contribution in [3.8, 4) is 5.75 Å². The second kappa shape index (κ2) is 7.11. The van der Waals surface area contributed by atoms with Gasteiger partial charge in [-0.05, 0) is 24.6 Å². The number of carbonyl (C=O) groups excluding carboxylic acids is 1. The standard InChI is InChI=1S/C15H18BrNO5/c1-21-12-3-2-11(16)6-10(12)7-13(18)17-15(8-14(19)20)4-5-22-9-15/h2-3,6H,4-5,7-9H2,1H3,(H,17,18)(H,19,20). The molecule has 0 spiro atoms. The molecule has 1 unspecified atom stereocenters. The van der Waals surface area contributed by atoms with Crippen LogP contribution in [0.15, 0.2) is 22.7 Å². The molecule has 1 atom stereocenters. The first-order chi connectivity index (χ1) is 10.4. The van der Waals surface area contributed by atoms with E-state index in [0.717, 1.165) is 10.0 Å². The molecule has 22 heavy (non-hydrogen) atoms. The number of nitrogens with one attached hydrogen (secondary N) is 1. The Hall–Kier alpha value is -1.60. The van der Waals surface area contributed by atoms with Gasteiger partial charge in [0.15, 0.2) is 0 Å². The summed E-state index contributed by atoms with van der Waals surface area (Å²) in [6, 6.07) is 5.42. The first kappa shape index (κ1) is 16.8. The summed E-state index contributed by atoms with van der Waals surface area (Å²) in [5, 5.41) is 11.9. The highest BCUT2D eigenvalue weighted by Gasteiger charge is 2.38. The predicted octanol–water partition coefficient (Wildman–Crippen LogP) is 1.75. The molecule has 2 N–H and O–H groups in total. The maximum Gasteiger partial charge on any atom is 0.305 e. The van der Waals surface area contributed by atoms with Crippen molar-refractivity contribution >= 4 is 27.8 Å². The van der Waals surface area contributed by atoms with Gasteiger partial charge in [0, 0.05) is 16.6 Å². The van der Waals surface area contributed by atoms with E-state index in [2.05, 4.69) is 21.2 Å². The Kier molecular flexibility index (Phi) is 5.42. The number of amides is 1. The van der Waals surface area contributed by atoms with Crippen LogP contribution in [0, 0.1) is 0 Å². The SMILES string of the molecule is COc1ccc(Br)cc1CC(=O)NC1(CC(=O)O)CCOC1. The van der Waals surface area contributed by atoms with Crippen LogP contribution in [0.1, 0.15) is 18.4 Å². The van der Waals surface area contributed by atoms with Crippen LogP contribution >= 0.6 is 15.9 Å².